The summed E-state index contributed by atoms with van der Waals surface area (Å²) >= 11 is 0. The van der Waals surface area contributed by atoms with Crippen LogP contribution in [0.1, 0.15) is 0 Å². The average molecular weight is 625 g/mol. The van der Waals surface area contributed by atoms with Crippen molar-refractivity contribution in [2.24, 2.45) is 0 Å². The third-order valence-electron chi connectivity index (χ3n) is 9.64. The van der Waals surface area contributed by atoms with Crippen molar-refractivity contribution in [3.63, 3.8) is 0 Å². The topological polar surface area (TPSA) is 38.9 Å². The van der Waals surface area contributed by atoms with Gasteiger partial charge in [-0.25, -0.2) is 9.97 Å². The van der Waals surface area contributed by atoms with Crippen LogP contribution in [0.2, 0.25) is 0 Å². The summed E-state index contributed by atoms with van der Waals surface area (Å²) in [6.45, 7) is 0. The van der Waals surface area contributed by atoms with Crippen LogP contribution in [-0.4, -0.2) is 9.97 Å². The van der Waals surface area contributed by atoms with Gasteiger partial charge >= 0.3 is 0 Å². The van der Waals surface area contributed by atoms with E-state index in [4.69, 9.17) is 14.4 Å². The molecule has 49 heavy (non-hydrogen) atoms. The Bertz CT molecular complexity index is 2860. The number of aromatic nitrogens is 2. The molecule has 0 aliphatic rings. The molecule has 10 rings (SSSR count). The summed E-state index contributed by atoms with van der Waals surface area (Å²) in [6, 6.07) is 59.7. The lowest BCUT2D eigenvalue weighted by atomic mass is 9.95. The molecular formula is C46H28N2O. The van der Waals surface area contributed by atoms with Crippen molar-refractivity contribution in [1.82, 2.24) is 9.97 Å². The molecule has 0 bridgehead atoms. The van der Waals surface area contributed by atoms with Gasteiger partial charge in [0.15, 0.2) is 5.82 Å². The minimum atomic E-state index is 0.663. The van der Waals surface area contributed by atoms with E-state index in [2.05, 4.69) is 164 Å². The van der Waals surface area contributed by atoms with Gasteiger partial charge in [-0.1, -0.05) is 140 Å². The zero-order valence-corrected chi connectivity index (χ0v) is 26.5. The van der Waals surface area contributed by atoms with Crippen LogP contribution in [0.15, 0.2) is 174 Å². The molecule has 0 aliphatic carbocycles. The molecule has 0 fully saturated rings. The van der Waals surface area contributed by atoms with Crippen molar-refractivity contribution in [3.05, 3.63) is 170 Å². The van der Waals surface area contributed by atoms with Gasteiger partial charge < -0.3 is 4.42 Å². The van der Waals surface area contributed by atoms with Gasteiger partial charge in [-0.2, -0.15) is 0 Å². The standard InChI is InChI=1S/C46H28N2O/c1-2-11-30(12-3-1)39-26-35(28-43-44(39)40-25-33-14-4-5-15-34(33)27-42(40)49-43)46-47-41-20-9-8-18-38(41)45(48-46)32-23-21-31(22-24-32)37-19-10-16-29-13-6-7-17-36(29)37/h1-28H. The van der Waals surface area contributed by atoms with Crippen LogP contribution in [0.4, 0.5) is 0 Å². The third-order valence-corrected chi connectivity index (χ3v) is 9.64. The summed E-state index contributed by atoms with van der Waals surface area (Å²) in [5.41, 5.74) is 10.1. The molecule has 3 heteroatoms. The second-order valence-corrected chi connectivity index (χ2v) is 12.6. The molecule has 0 saturated carbocycles. The molecule has 0 radical (unpaired) electrons. The molecule has 0 aliphatic heterocycles. The van der Waals surface area contributed by atoms with Crippen LogP contribution in [-0.2, 0) is 0 Å². The highest BCUT2D eigenvalue weighted by molar-refractivity contribution is 6.16. The van der Waals surface area contributed by atoms with Gasteiger partial charge in [0.05, 0.1) is 11.2 Å². The maximum Gasteiger partial charge on any atom is 0.160 e. The number of hydrogen-bond donors (Lipinski definition) is 0. The van der Waals surface area contributed by atoms with Crippen LogP contribution in [0.5, 0.6) is 0 Å². The molecule has 0 atom stereocenters. The fourth-order valence-electron chi connectivity index (χ4n) is 7.28. The summed E-state index contributed by atoms with van der Waals surface area (Å²) in [5, 5.41) is 8.05. The minimum absolute atomic E-state index is 0.663. The molecule has 3 nitrogen and oxygen atoms in total. The summed E-state index contributed by atoms with van der Waals surface area (Å²) in [4.78, 5) is 10.4. The normalized spacial score (nSPS) is 11.7. The lowest BCUT2D eigenvalue weighted by molar-refractivity contribution is 0.669. The second-order valence-electron chi connectivity index (χ2n) is 12.6. The molecule has 10 aromatic rings. The SMILES string of the molecule is c1ccc(-c2cc(-c3nc(-c4ccc(-c5cccc6ccccc56)cc4)c4ccccc4n3)cc3oc4cc5ccccc5cc4c23)cc1. The maximum atomic E-state index is 6.62. The number of furan rings is 1. The van der Waals surface area contributed by atoms with Crippen molar-refractivity contribution in [2.45, 2.75) is 0 Å². The van der Waals surface area contributed by atoms with E-state index in [9.17, 15) is 0 Å². The first-order valence-corrected chi connectivity index (χ1v) is 16.6. The van der Waals surface area contributed by atoms with E-state index < -0.39 is 0 Å². The van der Waals surface area contributed by atoms with Crippen molar-refractivity contribution >= 4 is 54.4 Å². The molecule has 228 valence electrons. The number of para-hydroxylation sites is 1. The van der Waals surface area contributed by atoms with E-state index in [-0.39, 0.29) is 0 Å². The van der Waals surface area contributed by atoms with Crippen LogP contribution < -0.4 is 0 Å². The van der Waals surface area contributed by atoms with E-state index in [1.54, 1.807) is 0 Å². The van der Waals surface area contributed by atoms with Crippen LogP contribution in [0.25, 0.3) is 99.3 Å². The van der Waals surface area contributed by atoms with E-state index in [1.807, 2.05) is 6.07 Å². The summed E-state index contributed by atoms with van der Waals surface area (Å²) in [6.07, 6.45) is 0. The highest BCUT2D eigenvalue weighted by atomic mass is 16.3. The quantitative estimate of drug-likeness (QED) is 0.196. The number of rotatable bonds is 4. The summed E-state index contributed by atoms with van der Waals surface area (Å²) < 4.78 is 6.62. The predicted octanol–water partition coefficient (Wildman–Crippen LogP) is 12.5. The second kappa shape index (κ2) is 11.0. The van der Waals surface area contributed by atoms with Gasteiger partial charge in [0.1, 0.15) is 11.2 Å². The number of nitrogens with zero attached hydrogens (tertiary/aromatic N) is 2. The third kappa shape index (κ3) is 4.59. The summed E-state index contributed by atoms with van der Waals surface area (Å²) in [7, 11) is 0. The monoisotopic (exact) mass is 624 g/mol. The van der Waals surface area contributed by atoms with Gasteiger partial charge in [0, 0.05) is 27.3 Å². The zero-order valence-electron chi connectivity index (χ0n) is 26.5. The average Bonchev–Trinajstić information content (AvgIpc) is 3.53. The Kier molecular flexibility index (Phi) is 6.18. The van der Waals surface area contributed by atoms with Gasteiger partial charge in [0.2, 0.25) is 0 Å². The highest BCUT2D eigenvalue weighted by Gasteiger charge is 2.19. The fourth-order valence-corrected chi connectivity index (χ4v) is 7.28. The minimum Gasteiger partial charge on any atom is -0.456 e. The van der Waals surface area contributed by atoms with Crippen molar-refractivity contribution in [1.29, 1.82) is 0 Å². The van der Waals surface area contributed by atoms with Gasteiger partial charge in [-0.3, -0.25) is 0 Å². The lowest BCUT2D eigenvalue weighted by Gasteiger charge is -2.12. The molecular weight excluding hydrogens is 597 g/mol. The van der Waals surface area contributed by atoms with Crippen molar-refractivity contribution < 1.29 is 4.42 Å². The van der Waals surface area contributed by atoms with E-state index in [0.29, 0.717) is 5.82 Å². The first-order valence-electron chi connectivity index (χ1n) is 16.6. The molecule has 0 saturated heterocycles. The van der Waals surface area contributed by atoms with Crippen LogP contribution in [0.3, 0.4) is 0 Å². The first kappa shape index (κ1) is 27.5. The molecule has 0 unspecified atom stereocenters. The number of benzene rings is 8. The lowest BCUT2D eigenvalue weighted by Crippen LogP contribution is -1.96. The Hall–Kier alpha value is -6.58. The van der Waals surface area contributed by atoms with Gasteiger partial charge in [-0.05, 0) is 74.1 Å². The molecule has 2 aromatic heterocycles. The molecule has 0 amide bonds. The summed E-state index contributed by atoms with van der Waals surface area (Å²) in [5.74, 6) is 0.663. The number of hydrogen-bond acceptors (Lipinski definition) is 3. The van der Waals surface area contributed by atoms with Gasteiger partial charge in [0.25, 0.3) is 0 Å². The Labute approximate surface area is 282 Å². The highest BCUT2D eigenvalue weighted by Crippen LogP contribution is 2.41. The van der Waals surface area contributed by atoms with Crippen molar-refractivity contribution in [3.8, 4) is 44.9 Å². The van der Waals surface area contributed by atoms with E-state index in [0.717, 1.165) is 66.2 Å². The molecule has 0 N–H and O–H groups in total. The predicted molar refractivity (Wildman–Crippen MR) is 204 cm³/mol. The van der Waals surface area contributed by atoms with Gasteiger partial charge in [-0.15, -0.1) is 0 Å². The first-order chi connectivity index (χ1) is 24.3. The fraction of sp³-hybridized carbons (Fsp3) is 0. The largest absolute Gasteiger partial charge is 0.456 e. The smallest absolute Gasteiger partial charge is 0.160 e. The molecule has 0 spiro atoms. The Balaban J connectivity index is 1.17. The Morgan fingerprint density at radius 1 is 0.367 bits per heavy atom. The Morgan fingerprint density at radius 3 is 1.86 bits per heavy atom. The molecule has 8 aromatic carbocycles. The maximum absolute atomic E-state index is 6.62. The molecule has 2 heterocycles. The Morgan fingerprint density at radius 2 is 1.02 bits per heavy atom. The van der Waals surface area contributed by atoms with E-state index in [1.165, 1.54) is 27.3 Å². The van der Waals surface area contributed by atoms with Crippen LogP contribution in [0, 0.1) is 0 Å². The van der Waals surface area contributed by atoms with E-state index >= 15 is 0 Å². The van der Waals surface area contributed by atoms with Crippen LogP contribution >= 0.6 is 0 Å². The number of fused-ring (bicyclic) bond motifs is 6. The van der Waals surface area contributed by atoms with Crippen molar-refractivity contribution in [2.75, 3.05) is 0 Å². The zero-order chi connectivity index (χ0) is 32.3.